The topological polar surface area (TPSA) is 96.4 Å². The van der Waals surface area contributed by atoms with Crippen LogP contribution in [0.3, 0.4) is 0 Å². The number of amides is 1. The highest BCUT2D eigenvalue weighted by molar-refractivity contribution is 7.17. The van der Waals surface area contributed by atoms with Gasteiger partial charge in [0.25, 0.3) is 5.91 Å². The van der Waals surface area contributed by atoms with Crippen molar-refractivity contribution in [2.75, 3.05) is 25.1 Å². The molecule has 2 aromatic rings. The Bertz CT molecular complexity index is 944. The first kappa shape index (κ1) is 22.4. The maximum atomic E-state index is 13.8. The molecule has 1 saturated heterocycles. The van der Waals surface area contributed by atoms with E-state index in [1.54, 1.807) is 6.92 Å². The van der Waals surface area contributed by atoms with Gasteiger partial charge in [0.2, 0.25) is 0 Å². The number of rotatable bonds is 5. The van der Waals surface area contributed by atoms with E-state index in [1.165, 1.54) is 0 Å². The number of carbonyl (C=O) groups excluding carboxylic acids is 1. The molecule has 11 heteroatoms. The van der Waals surface area contributed by atoms with Gasteiger partial charge >= 0.3 is 6.18 Å². The largest absolute Gasteiger partial charge is 0.417 e. The smallest absolute Gasteiger partial charge is 0.394 e. The molecular formula is C19H23F3N4O3S. The van der Waals surface area contributed by atoms with Gasteiger partial charge in [0.1, 0.15) is 11.4 Å². The van der Waals surface area contributed by atoms with Gasteiger partial charge in [-0.3, -0.25) is 4.79 Å². The Morgan fingerprint density at radius 2 is 2.00 bits per heavy atom. The van der Waals surface area contributed by atoms with Crippen LogP contribution in [-0.4, -0.2) is 51.9 Å². The molecule has 1 fully saturated rings. The molecule has 0 unspecified atom stereocenters. The lowest BCUT2D eigenvalue weighted by atomic mass is 9.99. The van der Waals surface area contributed by atoms with E-state index in [4.69, 9.17) is 4.74 Å². The first-order chi connectivity index (χ1) is 13.8. The Kier molecular flexibility index (Phi) is 5.82. The van der Waals surface area contributed by atoms with E-state index < -0.39 is 28.7 Å². The monoisotopic (exact) mass is 444 g/mol. The van der Waals surface area contributed by atoms with Crippen LogP contribution in [0.2, 0.25) is 0 Å². The molecule has 3 rings (SSSR count). The van der Waals surface area contributed by atoms with Gasteiger partial charge in [-0.25, -0.2) is 9.97 Å². The lowest BCUT2D eigenvalue weighted by Crippen LogP contribution is -2.64. The van der Waals surface area contributed by atoms with Crippen molar-refractivity contribution < 1.29 is 27.8 Å². The number of alkyl halides is 3. The number of halogens is 3. The molecule has 0 atom stereocenters. The molecule has 1 aliphatic heterocycles. The Labute approximate surface area is 175 Å². The fraction of sp³-hybridized carbons (Fsp3) is 0.526. The molecular weight excluding hydrogens is 421 g/mol. The molecule has 1 aliphatic rings. The van der Waals surface area contributed by atoms with Crippen LogP contribution in [-0.2, 0) is 10.9 Å². The number of aryl methyl sites for hydroxylation is 1. The predicted molar refractivity (Wildman–Crippen MR) is 107 cm³/mol. The number of hydrogen-bond donors (Lipinski definition) is 3. The van der Waals surface area contributed by atoms with Crippen LogP contribution in [0.15, 0.2) is 12.3 Å². The molecule has 0 aliphatic carbocycles. The molecule has 164 valence electrons. The summed E-state index contributed by atoms with van der Waals surface area (Å²) < 4.78 is 46.4. The van der Waals surface area contributed by atoms with E-state index >= 15 is 0 Å². The van der Waals surface area contributed by atoms with Crippen molar-refractivity contribution in [3.05, 3.63) is 28.5 Å². The zero-order valence-corrected chi connectivity index (χ0v) is 17.8. The Morgan fingerprint density at radius 1 is 1.33 bits per heavy atom. The number of nitrogens with zero attached hydrogens (tertiary/aromatic N) is 2. The standard InChI is InChI=1S/C19H23F3N4O3S/c1-10-14(30-16(24-10)15(28)26-18(7-27)8-29-9-18)11-6-23-13(25-17(2,3)4)5-12(11)19(20,21)22/h5-6,27H,7-9H2,1-4H3,(H,23,25)(H,26,28). The van der Waals surface area contributed by atoms with Gasteiger partial charge in [-0.2, -0.15) is 13.2 Å². The molecule has 7 nitrogen and oxygen atoms in total. The van der Waals surface area contributed by atoms with E-state index in [9.17, 15) is 23.1 Å². The van der Waals surface area contributed by atoms with Crippen LogP contribution in [0.4, 0.5) is 19.0 Å². The number of anilines is 1. The number of aliphatic hydroxyl groups is 1. The number of hydrogen-bond acceptors (Lipinski definition) is 7. The summed E-state index contributed by atoms with van der Waals surface area (Å²) in [4.78, 5) is 21.0. The number of thiazole rings is 1. The van der Waals surface area contributed by atoms with Crippen molar-refractivity contribution in [2.45, 2.75) is 44.9 Å². The van der Waals surface area contributed by atoms with Crippen LogP contribution in [0, 0.1) is 6.92 Å². The van der Waals surface area contributed by atoms with Crippen molar-refractivity contribution in [3.63, 3.8) is 0 Å². The Balaban J connectivity index is 1.96. The van der Waals surface area contributed by atoms with Crippen molar-refractivity contribution in [3.8, 4) is 10.4 Å². The second-order valence-corrected chi connectivity index (χ2v) is 9.31. The number of nitrogens with one attached hydrogen (secondary N) is 2. The zero-order valence-electron chi connectivity index (χ0n) is 17.0. The quantitative estimate of drug-likeness (QED) is 0.655. The third-order valence-corrected chi connectivity index (χ3v) is 5.58. The number of pyridine rings is 1. The van der Waals surface area contributed by atoms with Crippen LogP contribution in [0.1, 0.15) is 41.8 Å². The molecule has 0 spiro atoms. The third kappa shape index (κ3) is 4.73. The molecule has 0 radical (unpaired) electrons. The predicted octanol–water partition coefficient (Wildman–Crippen LogP) is 3.23. The lowest BCUT2D eigenvalue weighted by Gasteiger charge is -2.40. The Morgan fingerprint density at radius 3 is 2.50 bits per heavy atom. The molecule has 0 bridgehead atoms. The minimum Gasteiger partial charge on any atom is -0.394 e. The van der Waals surface area contributed by atoms with Crippen LogP contribution in [0.5, 0.6) is 0 Å². The molecule has 3 heterocycles. The molecule has 3 N–H and O–H groups in total. The summed E-state index contributed by atoms with van der Waals surface area (Å²) in [5.41, 5.74) is -2.05. The maximum absolute atomic E-state index is 13.8. The molecule has 30 heavy (non-hydrogen) atoms. The van der Waals surface area contributed by atoms with Crippen LogP contribution < -0.4 is 10.6 Å². The summed E-state index contributed by atoms with van der Waals surface area (Å²) in [7, 11) is 0. The second kappa shape index (κ2) is 7.78. The van der Waals surface area contributed by atoms with E-state index in [-0.39, 0.29) is 46.8 Å². The summed E-state index contributed by atoms with van der Waals surface area (Å²) in [6.07, 6.45) is -3.47. The van der Waals surface area contributed by atoms with E-state index in [0.717, 1.165) is 23.6 Å². The molecule has 0 aromatic carbocycles. The van der Waals surface area contributed by atoms with E-state index in [2.05, 4.69) is 20.6 Å². The maximum Gasteiger partial charge on any atom is 0.417 e. The lowest BCUT2D eigenvalue weighted by molar-refractivity contribution is -0.137. The fourth-order valence-corrected chi connectivity index (χ4v) is 3.90. The molecule has 0 saturated carbocycles. The number of ether oxygens (including phenoxy) is 1. The average Bonchev–Trinajstić information content (AvgIpc) is 2.97. The van der Waals surface area contributed by atoms with Gasteiger partial charge in [0.15, 0.2) is 5.01 Å². The molecule has 2 aromatic heterocycles. The highest BCUT2D eigenvalue weighted by Crippen LogP contribution is 2.41. The third-order valence-electron chi connectivity index (χ3n) is 4.39. The van der Waals surface area contributed by atoms with E-state index in [0.29, 0.717) is 0 Å². The summed E-state index contributed by atoms with van der Waals surface area (Å²) in [5.74, 6) is -0.465. The normalized spacial score (nSPS) is 16.1. The van der Waals surface area contributed by atoms with Crippen molar-refractivity contribution in [1.29, 1.82) is 0 Å². The average molecular weight is 444 g/mol. The van der Waals surface area contributed by atoms with Crippen molar-refractivity contribution in [2.24, 2.45) is 0 Å². The first-order valence-corrected chi connectivity index (χ1v) is 10.00. The summed E-state index contributed by atoms with van der Waals surface area (Å²) in [6, 6.07) is 0.964. The van der Waals surface area contributed by atoms with Gasteiger partial charge in [-0.05, 0) is 33.8 Å². The SMILES string of the molecule is Cc1nc(C(=O)NC2(CO)COC2)sc1-c1cnc(NC(C)(C)C)cc1C(F)(F)F. The number of aromatic nitrogens is 2. The minimum absolute atomic E-state index is 0.00671. The number of aliphatic hydroxyl groups excluding tert-OH is 1. The Hall–Kier alpha value is -2.24. The zero-order chi connectivity index (χ0) is 22.3. The minimum atomic E-state index is -4.62. The van der Waals surface area contributed by atoms with Gasteiger partial charge in [0, 0.05) is 17.3 Å². The highest BCUT2D eigenvalue weighted by atomic mass is 32.1. The van der Waals surface area contributed by atoms with Gasteiger partial charge < -0.3 is 20.5 Å². The van der Waals surface area contributed by atoms with Gasteiger partial charge in [0.05, 0.1) is 36.0 Å². The van der Waals surface area contributed by atoms with Crippen molar-refractivity contribution in [1.82, 2.24) is 15.3 Å². The van der Waals surface area contributed by atoms with E-state index in [1.807, 2.05) is 20.8 Å². The second-order valence-electron chi connectivity index (χ2n) is 8.31. The van der Waals surface area contributed by atoms with Gasteiger partial charge in [-0.15, -0.1) is 11.3 Å². The van der Waals surface area contributed by atoms with Crippen LogP contribution in [0.25, 0.3) is 10.4 Å². The first-order valence-electron chi connectivity index (χ1n) is 9.18. The number of carbonyl (C=O) groups is 1. The fourth-order valence-electron chi connectivity index (χ4n) is 2.91. The highest BCUT2D eigenvalue weighted by Gasteiger charge is 2.40. The van der Waals surface area contributed by atoms with Crippen LogP contribution >= 0.6 is 11.3 Å². The van der Waals surface area contributed by atoms with Gasteiger partial charge in [-0.1, -0.05) is 0 Å². The summed E-state index contributed by atoms with van der Waals surface area (Å²) >= 11 is 0.850. The summed E-state index contributed by atoms with van der Waals surface area (Å²) in [5, 5.41) is 15.0. The van der Waals surface area contributed by atoms with Crippen molar-refractivity contribution >= 4 is 23.1 Å². The molecule has 1 amide bonds. The summed E-state index contributed by atoms with van der Waals surface area (Å²) in [6.45, 7) is 7.02.